The van der Waals surface area contributed by atoms with Gasteiger partial charge in [-0.1, -0.05) is 6.07 Å². The lowest BCUT2D eigenvalue weighted by Crippen LogP contribution is -2.57. The van der Waals surface area contributed by atoms with Crippen molar-refractivity contribution in [2.45, 2.75) is 24.7 Å². The Balaban J connectivity index is 1.35. The summed E-state index contributed by atoms with van der Waals surface area (Å²) in [5, 5.41) is 23.6. The average Bonchev–Trinajstić information content (AvgIpc) is 2.82. The largest absolute Gasteiger partial charge is 0.497 e. The number of aliphatic hydroxyl groups is 2. The first-order valence-corrected chi connectivity index (χ1v) is 11.1. The van der Waals surface area contributed by atoms with Gasteiger partial charge in [-0.15, -0.1) is 0 Å². The molecule has 3 N–H and O–H groups in total. The molecule has 0 bridgehead atoms. The Labute approximate surface area is 192 Å². The quantitative estimate of drug-likeness (QED) is 0.486. The maximum atomic E-state index is 12.6. The van der Waals surface area contributed by atoms with Gasteiger partial charge >= 0.3 is 0 Å². The molecule has 0 aromatic heterocycles. The standard InChI is InChI=1S/C24H30N2O7/c1-30-18-3-5-19(6-4-18)31-9-8-23(28)25-20(15-26-13-17(27)14-26)24(29)16-2-7-21-22(12-16)33-11-10-32-21/h2-7,12,17,20,24,27,29H,8-11,13-15H2,1H3,(H,25,28)/t20-,24-/m1/s1. The maximum Gasteiger partial charge on any atom is 0.223 e. The second-order valence-electron chi connectivity index (χ2n) is 8.17. The zero-order valence-electron chi connectivity index (χ0n) is 18.6. The van der Waals surface area contributed by atoms with Gasteiger partial charge in [0.05, 0.1) is 32.3 Å². The van der Waals surface area contributed by atoms with Crippen molar-refractivity contribution in [3.8, 4) is 23.0 Å². The molecule has 1 saturated heterocycles. The molecular formula is C24H30N2O7. The Hall–Kier alpha value is -3.01. The summed E-state index contributed by atoms with van der Waals surface area (Å²) in [6.07, 6.45) is -1.19. The molecular weight excluding hydrogens is 428 g/mol. The number of carbonyl (C=O) groups is 1. The summed E-state index contributed by atoms with van der Waals surface area (Å²) in [5.74, 6) is 2.36. The van der Waals surface area contributed by atoms with Crippen molar-refractivity contribution in [2.24, 2.45) is 0 Å². The summed E-state index contributed by atoms with van der Waals surface area (Å²) in [4.78, 5) is 14.6. The Morgan fingerprint density at radius 2 is 1.82 bits per heavy atom. The molecule has 0 radical (unpaired) electrons. The molecule has 4 rings (SSSR count). The molecule has 2 aromatic rings. The van der Waals surface area contributed by atoms with Crippen LogP contribution in [0.5, 0.6) is 23.0 Å². The number of benzene rings is 2. The van der Waals surface area contributed by atoms with Gasteiger partial charge in [-0.3, -0.25) is 9.69 Å². The zero-order valence-corrected chi connectivity index (χ0v) is 18.6. The number of nitrogens with zero attached hydrogens (tertiary/aromatic N) is 1. The third-order valence-corrected chi connectivity index (χ3v) is 5.69. The number of likely N-dealkylation sites (tertiary alicyclic amines) is 1. The van der Waals surface area contributed by atoms with Crippen LogP contribution in [0.4, 0.5) is 0 Å². The summed E-state index contributed by atoms with van der Waals surface area (Å²) in [5.41, 5.74) is 0.625. The molecule has 2 aromatic carbocycles. The van der Waals surface area contributed by atoms with Crippen molar-refractivity contribution in [3.05, 3.63) is 48.0 Å². The van der Waals surface area contributed by atoms with Gasteiger partial charge in [0.25, 0.3) is 0 Å². The number of nitrogens with one attached hydrogen (secondary N) is 1. The second kappa shape index (κ2) is 10.7. The zero-order chi connectivity index (χ0) is 23.2. The van der Waals surface area contributed by atoms with Gasteiger partial charge in [-0.25, -0.2) is 0 Å². The monoisotopic (exact) mass is 458 g/mol. The minimum absolute atomic E-state index is 0.138. The number of hydrogen-bond donors (Lipinski definition) is 3. The molecule has 1 amide bonds. The van der Waals surface area contributed by atoms with Crippen molar-refractivity contribution in [1.29, 1.82) is 0 Å². The third kappa shape index (κ3) is 6.07. The Kier molecular flexibility index (Phi) is 7.54. The van der Waals surface area contributed by atoms with E-state index >= 15 is 0 Å². The number of amides is 1. The molecule has 0 spiro atoms. The molecule has 33 heavy (non-hydrogen) atoms. The highest BCUT2D eigenvalue weighted by atomic mass is 16.6. The molecule has 2 heterocycles. The van der Waals surface area contributed by atoms with Crippen LogP contribution >= 0.6 is 0 Å². The van der Waals surface area contributed by atoms with Crippen LogP contribution in [0.1, 0.15) is 18.1 Å². The van der Waals surface area contributed by atoms with Crippen LogP contribution in [-0.2, 0) is 4.79 Å². The number of ether oxygens (including phenoxy) is 4. The topological polar surface area (TPSA) is 110 Å². The number of methoxy groups -OCH3 is 1. The smallest absolute Gasteiger partial charge is 0.223 e. The molecule has 1 fully saturated rings. The van der Waals surface area contributed by atoms with Crippen molar-refractivity contribution < 1.29 is 34.0 Å². The lowest BCUT2D eigenvalue weighted by molar-refractivity contribution is -0.123. The first-order chi connectivity index (χ1) is 16.0. The normalized spacial score (nSPS) is 17.5. The molecule has 9 nitrogen and oxygen atoms in total. The molecule has 178 valence electrons. The fraction of sp³-hybridized carbons (Fsp3) is 0.458. The molecule has 2 aliphatic heterocycles. The van der Waals surface area contributed by atoms with Gasteiger partial charge < -0.3 is 34.5 Å². The summed E-state index contributed by atoms with van der Waals surface area (Å²) >= 11 is 0. The van der Waals surface area contributed by atoms with Gasteiger partial charge in [-0.05, 0) is 42.0 Å². The summed E-state index contributed by atoms with van der Waals surface area (Å²) < 4.78 is 21.9. The van der Waals surface area contributed by atoms with E-state index in [0.717, 1.165) is 5.75 Å². The van der Waals surface area contributed by atoms with Gasteiger partial charge in [0.1, 0.15) is 30.8 Å². The summed E-state index contributed by atoms with van der Waals surface area (Å²) in [6.45, 7) is 2.59. The van der Waals surface area contributed by atoms with Gasteiger partial charge in [-0.2, -0.15) is 0 Å². The van der Waals surface area contributed by atoms with Crippen molar-refractivity contribution in [3.63, 3.8) is 0 Å². The highest BCUT2D eigenvalue weighted by Crippen LogP contribution is 2.33. The number of rotatable bonds is 10. The van der Waals surface area contributed by atoms with Crippen molar-refractivity contribution >= 4 is 5.91 Å². The van der Waals surface area contributed by atoms with E-state index in [1.807, 2.05) is 4.90 Å². The summed E-state index contributed by atoms with van der Waals surface area (Å²) in [6, 6.07) is 11.9. The van der Waals surface area contributed by atoms with E-state index in [1.54, 1.807) is 49.6 Å². The first kappa shape index (κ1) is 23.2. The summed E-state index contributed by atoms with van der Waals surface area (Å²) in [7, 11) is 1.59. The van der Waals surface area contributed by atoms with Crippen LogP contribution in [0.2, 0.25) is 0 Å². The van der Waals surface area contributed by atoms with Gasteiger partial charge in [0.15, 0.2) is 11.5 Å². The number of aliphatic hydroxyl groups excluding tert-OH is 2. The molecule has 0 aliphatic carbocycles. The maximum absolute atomic E-state index is 12.6. The van der Waals surface area contributed by atoms with E-state index in [1.165, 1.54) is 0 Å². The van der Waals surface area contributed by atoms with Crippen molar-refractivity contribution in [2.75, 3.05) is 46.6 Å². The van der Waals surface area contributed by atoms with Crippen LogP contribution in [0.3, 0.4) is 0 Å². The average molecular weight is 459 g/mol. The van der Waals surface area contributed by atoms with Crippen LogP contribution in [-0.4, -0.2) is 79.7 Å². The third-order valence-electron chi connectivity index (χ3n) is 5.69. The van der Waals surface area contributed by atoms with Crippen LogP contribution in [0, 0.1) is 0 Å². The number of carbonyl (C=O) groups excluding carboxylic acids is 1. The highest BCUT2D eigenvalue weighted by Gasteiger charge is 2.31. The predicted molar refractivity (Wildman–Crippen MR) is 120 cm³/mol. The van der Waals surface area contributed by atoms with Crippen LogP contribution < -0.4 is 24.3 Å². The van der Waals surface area contributed by atoms with E-state index in [-0.39, 0.29) is 25.0 Å². The SMILES string of the molecule is COc1ccc(OCCC(=O)N[C@H](CN2CC(O)C2)[C@H](O)c2ccc3c(c2)OCCO3)cc1. The Bertz CT molecular complexity index is 931. The van der Waals surface area contributed by atoms with E-state index in [0.29, 0.717) is 55.7 Å². The lowest BCUT2D eigenvalue weighted by Gasteiger charge is -2.39. The second-order valence-corrected chi connectivity index (χ2v) is 8.17. The fourth-order valence-electron chi connectivity index (χ4n) is 3.88. The van der Waals surface area contributed by atoms with Gasteiger partial charge in [0, 0.05) is 19.6 Å². The molecule has 2 atom stereocenters. The van der Waals surface area contributed by atoms with Crippen LogP contribution in [0.15, 0.2) is 42.5 Å². The van der Waals surface area contributed by atoms with E-state index in [4.69, 9.17) is 18.9 Å². The minimum Gasteiger partial charge on any atom is -0.497 e. The first-order valence-electron chi connectivity index (χ1n) is 11.1. The Morgan fingerprint density at radius 1 is 1.12 bits per heavy atom. The molecule has 2 aliphatic rings. The number of β-amino-alcohol motifs (C(OH)–C–C–N with tert-alkyl or cyclic N) is 1. The predicted octanol–water partition coefficient (Wildman–Crippen LogP) is 1.13. The Morgan fingerprint density at radius 3 is 2.52 bits per heavy atom. The van der Waals surface area contributed by atoms with E-state index in [9.17, 15) is 15.0 Å². The van der Waals surface area contributed by atoms with E-state index in [2.05, 4.69) is 5.32 Å². The van der Waals surface area contributed by atoms with Crippen molar-refractivity contribution in [1.82, 2.24) is 10.2 Å². The fourth-order valence-corrected chi connectivity index (χ4v) is 3.88. The molecule has 0 unspecified atom stereocenters. The van der Waals surface area contributed by atoms with Gasteiger partial charge in [0.2, 0.25) is 5.91 Å². The number of hydrogen-bond acceptors (Lipinski definition) is 8. The highest BCUT2D eigenvalue weighted by molar-refractivity contribution is 5.76. The van der Waals surface area contributed by atoms with E-state index < -0.39 is 12.1 Å². The minimum atomic E-state index is -0.954. The lowest BCUT2D eigenvalue weighted by atomic mass is 9.99. The number of fused-ring (bicyclic) bond motifs is 1. The molecule has 9 heteroatoms. The molecule has 0 saturated carbocycles. The van der Waals surface area contributed by atoms with Crippen LogP contribution in [0.25, 0.3) is 0 Å².